The predicted molar refractivity (Wildman–Crippen MR) is 80.3 cm³/mol. The Hall–Kier alpha value is -1.13. The van der Waals surface area contributed by atoms with E-state index in [0.29, 0.717) is 30.9 Å². The van der Waals surface area contributed by atoms with E-state index in [1.54, 1.807) is 18.2 Å². The second-order valence-corrected chi connectivity index (χ2v) is 5.25. The van der Waals surface area contributed by atoms with Gasteiger partial charge in [-0.25, -0.2) is 4.39 Å². The molecule has 1 aliphatic rings. The molecule has 3 nitrogen and oxygen atoms in total. The topological polar surface area (TPSA) is 55.1 Å². The third-order valence-corrected chi connectivity index (χ3v) is 3.84. The monoisotopic (exact) mass is 300 g/mol. The SMILES string of the molecule is Cl.N[C@@H]1CCC[C@H]1CC(=O)NCCc1ccccc1F. The largest absolute Gasteiger partial charge is 0.356 e. The molecule has 1 saturated carbocycles. The van der Waals surface area contributed by atoms with E-state index >= 15 is 0 Å². The highest BCUT2D eigenvalue weighted by Crippen LogP contribution is 2.26. The second kappa shape index (κ2) is 8.22. The molecule has 1 aromatic rings. The van der Waals surface area contributed by atoms with E-state index in [1.807, 2.05) is 0 Å². The zero-order valence-electron chi connectivity index (χ0n) is 11.5. The molecule has 0 bridgehead atoms. The van der Waals surface area contributed by atoms with Crippen molar-refractivity contribution < 1.29 is 9.18 Å². The van der Waals surface area contributed by atoms with E-state index in [4.69, 9.17) is 5.73 Å². The van der Waals surface area contributed by atoms with Crippen LogP contribution in [0.3, 0.4) is 0 Å². The van der Waals surface area contributed by atoms with Crippen LogP contribution in [0.15, 0.2) is 24.3 Å². The first-order chi connectivity index (χ1) is 9.16. The van der Waals surface area contributed by atoms with Crippen molar-refractivity contribution in [1.29, 1.82) is 0 Å². The lowest BCUT2D eigenvalue weighted by molar-refractivity contribution is -0.122. The highest BCUT2D eigenvalue weighted by molar-refractivity contribution is 5.85. The van der Waals surface area contributed by atoms with Gasteiger partial charge in [0.25, 0.3) is 0 Å². The van der Waals surface area contributed by atoms with Crippen molar-refractivity contribution in [2.45, 2.75) is 38.1 Å². The van der Waals surface area contributed by atoms with Crippen molar-refractivity contribution in [3.8, 4) is 0 Å². The molecule has 20 heavy (non-hydrogen) atoms. The molecule has 112 valence electrons. The van der Waals surface area contributed by atoms with Crippen LogP contribution in [0.25, 0.3) is 0 Å². The fraction of sp³-hybridized carbons (Fsp3) is 0.533. The number of hydrogen-bond acceptors (Lipinski definition) is 2. The molecule has 1 aromatic carbocycles. The van der Waals surface area contributed by atoms with Gasteiger partial charge in [-0.1, -0.05) is 24.6 Å². The first kappa shape index (κ1) is 16.9. The Morgan fingerprint density at radius 3 is 2.75 bits per heavy atom. The molecule has 2 rings (SSSR count). The van der Waals surface area contributed by atoms with E-state index in [2.05, 4.69) is 5.32 Å². The number of hydrogen-bond donors (Lipinski definition) is 2. The van der Waals surface area contributed by atoms with Crippen LogP contribution in [0, 0.1) is 11.7 Å². The number of nitrogens with one attached hydrogen (secondary N) is 1. The maximum Gasteiger partial charge on any atom is 0.220 e. The Bertz CT molecular complexity index is 442. The Balaban J connectivity index is 0.00000200. The third kappa shape index (κ3) is 4.76. The molecule has 0 aromatic heterocycles. The van der Waals surface area contributed by atoms with Crippen LogP contribution < -0.4 is 11.1 Å². The molecule has 0 unspecified atom stereocenters. The Morgan fingerprint density at radius 2 is 2.10 bits per heavy atom. The quantitative estimate of drug-likeness (QED) is 0.877. The highest BCUT2D eigenvalue weighted by Gasteiger charge is 2.25. The molecule has 1 amide bonds. The van der Waals surface area contributed by atoms with Crippen LogP contribution >= 0.6 is 12.4 Å². The number of halogens is 2. The highest BCUT2D eigenvalue weighted by atomic mass is 35.5. The first-order valence-corrected chi connectivity index (χ1v) is 6.92. The van der Waals surface area contributed by atoms with Crippen molar-refractivity contribution in [3.63, 3.8) is 0 Å². The smallest absolute Gasteiger partial charge is 0.220 e. The summed E-state index contributed by atoms with van der Waals surface area (Å²) in [7, 11) is 0. The second-order valence-electron chi connectivity index (χ2n) is 5.25. The number of benzene rings is 1. The lowest BCUT2D eigenvalue weighted by Gasteiger charge is -2.14. The molecule has 0 saturated heterocycles. The summed E-state index contributed by atoms with van der Waals surface area (Å²) in [6.07, 6.45) is 4.21. The van der Waals surface area contributed by atoms with Crippen LogP contribution in [0.1, 0.15) is 31.2 Å². The van der Waals surface area contributed by atoms with Gasteiger partial charge in [0.1, 0.15) is 5.82 Å². The molecular weight excluding hydrogens is 279 g/mol. The number of nitrogens with two attached hydrogens (primary N) is 1. The van der Waals surface area contributed by atoms with Crippen LogP contribution in [-0.2, 0) is 11.2 Å². The summed E-state index contributed by atoms with van der Waals surface area (Å²) in [5, 5.41) is 2.84. The van der Waals surface area contributed by atoms with E-state index in [1.165, 1.54) is 6.07 Å². The summed E-state index contributed by atoms with van der Waals surface area (Å²) < 4.78 is 13.4. The molecule has 0 heterocycles. The zero-order valence-corrected chi connectivity index (χ0v) is 12.3. The average Bonchev–Trinajstić information content (AvgIpc) is 2.77. The Kier molecular flexibility index (Phi) is 6.96. The molecule has 2 atom stereocenters. The standard InChI is InChI=1S/C15H21FN2O.ClH/c16-13-6-2-1-4-11(13)8-9-18-15(19)10-12-5-3-7-14(12)17;/h1-2,4,6,12,14H,3,5,7-10,17H2,(H,18,19);1H/t12-,14+;/m0./s1. The van der Waals surface area contributed by atoms with Crippen molar-refractivity contribution >= 4 is 18.3 Å². The molecule has 0 aliphatic heterocycles. The van der Waals surface area contributed by atoms with Gasteiger partial charge in [-0.05, 0) is 36.8 Å². The van der Waals surface area contributed by atoms with Gasteiger partial charge >= 0.3 is 0 Å². The van der Waals surface area contributed by atoms with Gasteiger partial charge in [0.05, 0.1) is 0 Å². The number of carbonyl (C=O) groups excluding carboxylic acids is 1. The minimum atomic E-state index is -0.213. The lowest BCUT2D eigenvalue weighted by Crippen LogP contribution is -2.32. The van der Waals surface area contributed by atoms with Crippen LogP contribution in [0.4, 0.5) is 4.39 Å². The minimum Gasteiger partial charge on any atom is -0.356 e. The summed E-state index contributed by atoms with van der Waals surface area (Å²) in [5.41, 5.74) is 6.58. The summed E-state index contributed by atoms with van der Waals surface area (Å²) in [5.74, 6) is 0.127. The normalized spacial score (nSPS) is 21.3. The maximum atomic E-state index is 13.4. The molecule has 0 radical (unpaired) electrons. The first-order valence-electron chi connectivity index (χ1n) is 6.92. The van der Waals surface area contributed by atoms with E-state index < -0.39 is 0 Å². The fourth-order valence-corrected chi connectivity index (χ4v) is 2.67. The summed E-state index contributed by atoms with van der Waals surface area (Å²) in [6.45, 7) is 0.474. The van der Waals surface area contributed by atoms with Crippen molar-refractivity contribution in [2.24, 2.45) is 11.7 Å². The molecular formula is C15H22ClFN2O. The number of rotatable bonds is 5. The number of carbonyl (C=O) groups is 1. The van der Waals surface area contributed by atoms with Crippen molar-refractivity contribution in [1.82, 2.24) is 5.32 Å². The van der Waals surface area contributed by atoms with Gasteiger partial charge in [-0.15, -0.1) is 12.4 Å². The van der Waals surface area contributed by atoms with Gasteiger partial charge in [-0.2, -0.15) is 0 Å². The maximum absolute atomic E-state index is 13.4. The Morgan fingerprint density at radius 1 is 1.35 bits per heavy atom. The predicted octanol–water partition coefficient (Wildman–Crippen LogP) is 2.42. The molecule has 1 aliphatic carbocycles. The lowest BCUT2D eigenvalue weighted by atomic mass is 10.00. The summed E-state index contributed by atoms with van der Waals surface area (Å²) >= 11 is 0. The number of amides is 1. The van der Waals surface area contributed by atoms with Crippen molar-refractivity contribution in [3.05, 3.63) is 35.6 Å². The van der Waals surface area contributed by atoms with Crippen LogP contribution in [0.2, 0.25) is 0 Å². The molecule has 3 N–H and O–H groups in total. The molecule has 0 spiro atoms. The molecule has 5 heteroatoms. The summed E-state index contributed by atoms with van der Waals surface area (Å²) in [4.78, 5) is 11.8. The van der Waals surface area contributed by atoms with Crippen LogP contribution in [0.5, 0.6) is 0 Å². The third-order valence-electron chi connectivity index (χ3n) is 3.84. The van der Waals surface area contributed by atoms with Gasteiger partial charge in [-0.3, -0.25) is 4.79 Å². The van der Waals surface area contributed by atoms with Gasteiger partial charge in [0, 0.05) is 19.0 Å². The van der Waals surface area contributed by atoms with Crippen molar-refractivity contribution in [2.75, 3.05) is 6.54 Å². The average molecular weight is 301 g/mol. The molecule has 1 fully saturated rings. The van der Waals surface area contributed by atoms with Gasteiger partial charge in [0.15, 0.2) is 0 Å². The Labute approximate surface area is 125 Å². The van der Waals surface area contributed by atoms with E-state index in [0.717, 1.165) is 19.3 Å². The van der Waals surface area contributed by atoms with Gasteiger partial charge in [0.2, 0.25) is 5.91 Å². The zero-order chi connectivity index (χ0) is 13.7. The van der Waals surface area contributed by atoms with E-state index in [9.17, 15) is 9.18 Å². The van der Waals surface area contributed by atoms with E-state index in [-0.39, 0.29) is 30.2 Å². The van der Waals surface area contributed by atoms with Crippen LogP contribution in [-0.4, -0.2) is 18.5 Å². The fourth-order valence-electron chi connectivity index (χ4n) is 2.67. The minimum absolute atomic E-state index is 0. The van der Waals surface area contributed by atoms with Gasteiger partial charge < -0.3 is 11.1 Å². The summed E-state index contributed by atoms with van der Waals surface area (Å²) in [6, 6.07) is 6.82.